The van der Waals surface area contributed by atoms with Gasteiger partial charge in [-0.2, -0.15) is 0 Å². The summed E-state index contributed by atoms with van der Waals surface area (Å²) in [4.78, 5) is 37.8. The SMILES string of the molecule is CCCC(=O)OC1C(OC(C)=O)[C@H]2OC(COC(=O)C(CC)CCC2(C)C)[C@H]1OC(C)(CC)CC. The summed E-state index contributed by atoms with van der Waals surface area (Å²) in [5.41, 5.74) is -1.000. The van der Waals surface area contributed by atoms with Crippen molar-refractivity contribution >= 4 is 17.9 Å². The number of carbonyl (C=O) groups is 3. The number of cyclic esters (lactones) is 1. The standard InChI is InChI=1S/C27H46O8/c1-9-13-20(29)34-22-21(35-27(8,11-3)12-4)19-16-31-25(30)18(10-2)14-15-26(6,7)24(33-19)23(22)32-17(5)28/h18-19,21-24H,9-16H2,1-8H3/t18?,19?,21-,22?,23?,24-/m1/s1. The van der Waals surface area contributed by atoms with Crippen LogP contribution >= 0.6 is 0 Å². The number of ether oxygens (including phenoxy) is 5. The van der Waals surface area contributed by atoms with Gasteiger partial charge in [0.1, 0.15) is 24.9 Å². The van der Waals surface area contributed by atoms with Crippen LogP contribution < -0.4 is 0 Å². The fourth-order valence-electron chi connectivity index (χ4n) is 4.89. The van der Waals surface area contributed by atoms with Gasteiger partial charge in [0.15, 0.2) is 12.2 Å². The summed E-state index contributed by atoms with van der Waals surface area (Å²) in [5, 5.41) is 0. The maximum Gasteiger partial charge on any atom is 0.309 e. The molecule has 8 nitrogen and oxygen atoms in total. The molecule has 0 aliphatic carbocycles. The molecule has 0 aromatic heterocycles. The summed E-state index contributed by atoms with van der Waals surface area (Å²) < 4.78 is 30.7. The topological polar surface area (TPSA) is 97.4 Å². The first-order chi connectivity index (χ1) is 16.4. The second-order valence-corrected chi connectivity index (χ2v) is 10.9. The Hall–Kier alpha value is -1.67. The highest BCUT2D eigenvalue weighted by Crippen LogP contribution is 2.43. The van der Waals surface area contributed by atoms with Gasteiger partial charge in [-0.15, -0.1) is 0 Å². The molecule has 0 spiro atoms. The summed E-state index contributed by atoms with van der Waals surface area (Å²) in [7, 11) is 0. The van der Waals surface area contributed by atoms with Crippen LogP contribution in [0, 0.1) is 11.3 Å². The molecule has 2 fully saturated rings. The molecule has 0 amide bonds. The smallest absolute Gasteiger partial charge is 0.309 e. The van der Waals surface area contributed by atoms with Gasteiger partial charge in [-0.3, -0.25) is 14.4 Å². The minimum atomic E-state index is -0.890. The molecule has 0 aromatic carbocycles. The molecule has 6 atom stereocenters. The summed E-state index contributed by atoms with van der Waals surface area (Å²) in [6, 6.07) is 0. The Morgan fingerprint density at radius 2 is 1.71 bits per heavy atom. The lowest BCUT2D eigenvalue weighted by molar-refractivity contribution is -0.292. The lowest BCUT2D eigenvalue weighted by atomic mass is 9.74. The Kier molecular flexibility index (Phi) is 10.6. The highest BCUT2D eigenvalue weighted by Gasteiger charge is 2.56. The van der Waals surface area contributed by atoms with Crippen LogP contribution in [0.5, 0.6) is 0 Å². The zero-order valence-electron chi connectivity index (χ0n) is 22.9. The van der Waals surface area contributed by atoms with Crippen LogP contribution in [0.25, 0.3) is 0 Å². The van der Waals surface area contributed by atoms with Crippen LogP contribution in [0.4, 0.5) is 0 Å². The minimum Gasteiger partial charge on any atom is -0.463 e. The van der Waals surface area contributed by atoms with Gasteiger partial charge in [0, 0.05) is 13.3 Å². The Balaban J connectivity index is 2.60. The zero-order valence-corrected chi connectivity index (χ0v) is 22.9. The Morgan fingerprint density at radius 1 is 1.06 bits per heavy atom. The maximum absolute atomic E-state index is 12.8. The molecule has 2 aliphatic rings. The molecule has 0 saturated carbocycles. The molecule has 4 unspecified atom stereocenters. The van der Waals surface area contributed by atoms with E-state index in [1.165, 1.54) is 6.92 Å². The van der Waals surface area contributed by atoms with Crippen LogP contribution in [0.2, 0.25) is 0 Å². The Bertz CT molecular complexity index is 729. The normalized spacial score (nSPS) is 31.3. The molecule has 2 aliphatic heterocycles. The van der Waals surface area contributed by atoms with Crippen molar-refractivity contribution < 1.29 is 38.1 Å². The van der Waals surface area contributed by atoms with Gasteiger partial charge in [-0.25, -0.2) is 0 Å². The predicted molar refractivity (Wildman–Crippen MR) is 131 cm³/mol. The van der Waals surface area contributed by atoms with Crippen LogP contribution in [0.1, 0.15) is 100 Å². The fraction of sp³-hybridized carbons (Fsp3) is 0.889. The van der Waals surface area contributed by atoms with E-state index in [0.29, 0.717) is 38.5 Å². The number of hydrogen-bond donors (Lipinski definition) is 0. The van der Waals surface area contributed by atoms with Crippen molar-refractivity contribution in [3.8, 4) is 0 Å². The third-order valence-corrected chi connectivity index (χ3v) is 7.70. The summed E-state index contributed by atoms with van der Waals surface area (Å²) >= 11 is 0. The molecule has 8 heteroatoms. The summed E-state index contributed by atoms with van der Waals surface area (Å²) in [6.07, 6.45) is 0.494. The van der Waals surface area contributed by atoms with Gasteiger partial charge >= 0.3 is 17.9 Å². The van der Waals surface area contributed by atoms with E-state index >= 15 is 0 Å². The summed E-state index contributed by atoms with van der Waals surface area (Å²) in [6.45, 7) is 15.3. The third-order valence-electron chi connectivity index (χ3n) is 7.70. The van der Waals surface area contributed by atoms with E-state index in [1.54, 1.807) is 0 Å². The second-order valence-electron chi connectivity index (χ2n) is 10.9. The average molecular weight is 499 g/mol. The summed E-state index contributed by atoms with van der Waals surface area (Å²) in [5.74, 6) is -1.33. The number of carbonyl (C=O) groups excluding carboxylic acids is 3. The van der Waals surface area contributed by atoms with Gasteiger partial charge in [0.25, 0.3) is 0 Å². The Morgan fingerprint density at radius 3 is 2.26 bits per heavy atom. The second kappa shape index (κ2) is 12.5. The first kappa shape index (κ1) is 29.6. The van der Waals surface area contributed by atoms with Gasteiger partial charge in [-0.05, 0) is 50.9 Å². The van der Waals surface area contributed by atoms with Crippen LogP contribution in [-0.2, 0) is 38.1 Å². The van der Waals surface area contributed by atoms with Crippen molar-refractivity contribution in [1.29, 1.82) is 0 Å². The van der Waals surface area contributed by atoms with E-state index in [2.05, 4.69) is 0 Å². The lowest BCUT2D eigenvalue weighted by Gasteiger charge is -2.52. The molecular weight excluding hydrogens is 452 g/mol. The van der Waals surface area contributed by atoms with Crippen molar-refractivity contribution in [2.24, 2.45) is 11.3 Å². The van der Waals surface area contributed by atoms with E-state index < -0.39 is 47.5 Å². The van der Waals surface area contributed by atoms with Gasteiger partial charge in [0.05, 0.1) is 11.5 Å². The molecule has 2 bridgehead atoms. The average Bonchev–Trinajstić information content (AvgIpc) is 2.79. The van der Waals surface area contributed by atoms with Crippen LogP contribution in [0.15, 0.2) is 0 Å². The first-order valence-electron chi connectivity index (χ1n) is 13.3. The minimum absolute atomic E-state index is 0.0231. The molecule has 2 saturated heterocycles. The van der Waals surface area contributed by atoms with Crippen molar-refractivity contribution in [2.75, 3.05) is 6.61 Å². The van der Waals surface area contributed by atoms with Crippen molar-refractivity contribution in [2.45, 2.75) is 136 Å². The van der Waals surface area contributed by atoms with Gasteiger partial charge in [0.2, 0.25) is 0 Å². The van der Waals surface area contributed by atoms with Crippen LogP contribution in [-0.4, -0.2) is 60.6 Å². The number of hydrogen-bond acceptors (Lipinski definition) is 8. The van der Waals surface area contributed by atoms with Gasteiger partial charge in [-0.1, -0.05) is 41.5 Å². The lowest BCUT2D eigenvalue weighted by Crippen LogP contribution is -2.66. The van der Waals surface area contributed by atoms with Gasteiger partial charge < -0.3 is 23.7 Å². The molecule has 0 radical (unpaired) electrons. The number of esters is 3. The highest BCUT2D eigenvalue weighted by molar-refractivity contribution is 5.72. The third kappa shape index (κ3) is 7.42. The monoisotopic (exact) mass is 498 g/mol. The molecule has 2 rings (SSSR count). The number of fused-ring (bicyclic) bond motifs is 2. The van der Waals surface area contributed by atoms with E-state index in [0.717, 1.165) is 0 Å². The number of rotatable bonds is 9. The largest absolute Gasteiger partial charge is 0.463 e. The molecule has 35 heavy (non-hydrogen) atoms. The molecule has 0 aromatic rings. The molecule has 0 N–H and O–H groups in total. The van der Waals surface area contributed by atoms with Crippen molar-refractivity contribution in [3.05, 3.63) is 0 Å². The molecule has 202 valence electrons. The zero-order chi connectivity index (χ0) is 26.4. The molecular formula is C27H46O8. The molecule has 2 heterocycles. The van der Waals surface area contributed by atoms with Crippen molar-refractivity contribution in [1.82, 2.24) is 0 Å². The highest BCUT2D eigenvalue weighted by atomic mass is 16.7. The van der Waals surface area contributed by atoms with Crippen molar-refractivity contribution in [3.63, 3.8) is 0 Å². The van der Waals surface area contributed by atoms with Crippen LogP contribution in [0.3, 0.4) is 0 Å². The Labute approximate surface area is 210 Å². The van der Waals surface area contributed by atoms with E-state index in [4.69, 9.17) is 23.7 Å². The predicted octanol–water partition coefficient (Wildman–Crippen LogP) is 4.75. The quantitative estimate of drug-likeness (QED) is 0.332. The van der Waals surface area contributed by atoms with E-state index in [1.807, 2.05) is 48.5 Å². The van der Waals surface area contributed by atoms with E-state index in [9.17, 15) is 14.4 Å². The maximum atomic E-state index is 12.8. The van der Waals surface area contributed by atoms with E-state index in [-0.39, 0.29) is 30.9 Å². The fourth-order valence-corrected chi connectivity index (χ4v) is 4.89. The first-order valence-corrected chi connectivity index (χ1v) is 13.3.